The molecule has 108 valence electrons. The first-order valence-electron chi connectivity index (χ1n) is 6.21. The molecule has 0 aliphatic rings. The summed E-state index contributed by atoms with van der Waals surface area (Å²) in [5.74, 6) is -0.686. The summed E-state index contributed by atoms with van der Waals surface area (Å²) in [5, 5.41) is 12.8. The van der Waals surface area contributed by atoms with Crippen LogP contribution >= 0.6 is 0 Å². The van der Waals surface area contributed by atoms with E-state index < -0.39 is 5.97 Å². The SMILES string of the molecule is COc1ccc(=O)n(Cc2ccccc2/C=C/C(=O)O)n1. The van der Waals surface area contributed by atoms with Crippen molar-refractivity contribution < 1.29 is 14.6 Å². The van der Waals surface area contributed by atoms with Gasteiger partial charge in [0.2, 0.25) is 5.88 Å². The van der Waals surface area contributed by atoms with Crippen LogP contribution < -0.4 is 10.3 Å². The van der Waals surface area contributed by atoms with Gasteiger partial charge in [0, 0.05) is 18.2 Å². The van der Waals surface area contributed by atoms with Crippen molar-refractivity contribution >= 4 is 12.0 Å². The van der Waals surface area contributed by atoms with Gasteiger partial charge in [-0.2, -0.15) is 0 Å². The number of carboxylic acids is 1. The van der Waals surface area contributed by atoms with E-state index in [4.69, 9.17) is 9.84 Å². The molecule has 0 saturated carbocycles. The number of aromatic nitrogens is 2. The minimum absolute atomic E-state index is 0.232. The number of methoxy groups -OCH3 is 1. The molecule has 0 spiro atoms. The molecule has 6 heteroatoms. The maximum absolute atomic E-state index is 11.8. The summed E-state index contributed by atoms with van der Waals surface area (Å²) in [4.78, 5) is 22.4. The summed E-state index contributed by atoms with van der Waals surface area (Å²) < 4.78 is 6.26. The standard InChI is InChI=1S/C15H14N2O4/c1-21-13-7-8-14(18)17(16-13)10-12-5-3-2-4-11(12)6-9-15(19)20/h2-9H,10H2,1H3,(H,19,20)/b9-6+. The van der Waals surface area contributed by atoms with E-state index >= 15 is 0 Å². The van der Waals surface area contributed by atoms with Gasteiger partial charge in [-0.25, -0.2) is 9.48 Å². The summed E-state index contributed by atoms with van der Waals surface area (Å²) in [5.41, 5.74) is 1.25. The second-order valence-electron chi connectivity index (χ2n) is 4.24. The summed E-state index contributed by atoms with van der Waals surface area (Å²) in [6, 6.07) is 10.1. The zero-order valence-corrected chi connectivity index (χ0v) is 11.4. The van der Waals surface area contributed by atoms with Crippen LogP contribution in [0.25, 0.3) is 6.08 Å². The Bertz CT molecular complexity index is 734. The minimum Gasteiger partial charge on any atom is -0.480 e. The molecule has 1 heterocycles. The second kappa shape index (κ2) is 6.51. The van der Waals surface area contributed by atoms with Crippen LogP contribution in [0.4, 0.5) is 0 Å². The summed E-state index contributed by atoms with van der Waals surface area (Å²) >= 11 is 0. The number of carboxylic acid groups (broad SMARTS) is 1. The highest BCUT2D eigenvalue weighted by Crippen LogP contribution is 2.12. The molecule has 0 amide bonds. The lowest BCUT2D eigenvalue weighted by molar-refractivity contribution is -0.131. The molecule has 1 N–H and O–H groups in total. The fourth-order valence-corrected chi connectivity index (χ4v) is 1.82. The van der Waals surface area contributed by atoms with E-state index in [1.54, 1.807) is 12.1 Å². The third-order valence-corrected chi connectivity index (χ3v) is 2.83. The number of rotatable bonds is 5. The van der Waals surface area contributed by atoms with E-state index in [1.165, 1.54) is 30.0 Å². The van der Waals surface area contributed by atoms with E-state index in [1.807, 2.05) is 12.1 Å². The van der Waals surface area contributed by atoms with Gasteiger partial charge in [-0.05, 0) is 17.2 Å². The van der Waals surface area contributed by atoms with Crippen LogP contribution in [-0.4, -0.2) is 28.0 Å². The molecule has 0 unspecified atom stereocenters. The second-order valence-corrected chi connectivity index (χ2v) is 4.24. The molecule has 2 rings (SSSR count). The van der Waals surface area contributed by atoms with Crippen molar-refractivity contribution in [2.24, 2.45) is 0 Å². The molecule has 0 bridgehead atoms. The largest absolute Gasteiger partial charge is 0.480 e. The maximum Gasteiger partial charge on any atom is 0.328 e. The molecule has 6 nitrogen and oxygen atoms in total. The van der Waals surface area contributed by atoms with Gasteiger partial charge in [-0.15, -0.1) is 5.10 Å². The van der Waals surface area contributed by atoms with E-state index in [0.717, 1.165) is 17.2 Å². The number of nitrogens with zero attached hydrogens (tertiary/aromatic N) is 2. The van der Waals surface area contributed by atoms with Gasteiger partial charge in [-0.3, -0.25) is 4.79 Å². The molecule has 0 aliphatic carbocycles. The Morgan fingerprint density at radius 3 is 2.81 bits per heavy atom. The molecule has 21 heavy (non-hydrogen) atoms. The summed E-state index contributed by atoms with van der Waals surface area (Å²) in [6.45, 7) is 0.232. The lowest BCUT2D eigenvalue weighted by Gasteiger charge is -2.08. The van der Waals surface area contributed by atoms with Gasteiger partial charge >= 0.3 is 5.97 Å². The number of ether oxygens (including phenoxy) is 1. The minimum atomic E-state index is -1.03. The third-order valence-electron chi connectivity index (χ3n) is 2.83. The Kier molecular flexibility index (Phi) is 4.50. The van der Waals surface area contributed by atoms with Gasteiger partial charge in [0.05, 0.1) is 13.7 Å². The van der Waals surface area contributed by atoms with Crippen molar-refractivity contribution in [1.82, 2.24) is 9.78 Å². The Morgan fingerprint density at radius 1 is 1.33 bits per heavy atom. The highest BCUT2D eigenvalue weighted by atomic mass is 16.5. The Labute approximate surface area is 120 Å². The fraction of sp³-hybridized carbons (Fsp3) is 0.133. The normalized spacial score (nSPS) is 10.7. The van der Waals surface area contributed by atoms with Gasteiger partial charge < -0.3 is 9.84 Å². The number of carbonyl (C=O) groups is 1. The van der Waals surface area contributed by atoms with Crippen molar-refractivity contribution in [2.75, 3.05) is 7.11 Å². The smallest absolute Gasteiger partial charge is 0.328 e. The molecule has 0 fully saturated rings. The van der Waals surface area contributed by atoms with Gasteiger partial charge in [0.1, 0.15) is 0 Å². The fourth-order valence-electron chi connectivity index (χ4n) is 1.82. The molecule has 0 aliphatic heterocycles. The molecular formula is C15H14N2O4. The van der Waals surface area contributed by atoms with Crippen LogP contribution in [0.2, 0.25) is 0 Å². The highest BCUT2D eigenvalue weighted by Gasteiger charge is 2.05. The topological polar surface area (TPSA) is 81.4 Å². The first kappa shape index (κ1) is 14.5. The van der Waals surface area contributed by atoms with E-state index in [9.17, 15) is 9.59 Å². The number of hydrogen-bond acceptors (Lipinski definition) is 4. The Morgan fingerprint density at radius 2 is 2.10 bits per heavy atom. The van der Waals surface area contributed by atoms with E-state index in [-0.39, 0.29) is 12.1 Å². The summed E-state index contributed by atoms with van der Waals surface area (Å²) in [7, 11) is 1.47. The first-order valence-corrected chi connectivity index (χ1v) is 6.21. The summed E-state index contributed by atoms with van der Waals surface area (Å²) in [6.07, 6.45) is 2.55. The molecule has 2 aromatic rings. The number of hydrogen-bond donors (Lipinski definition) is 1. The monoisotopic (exact) mass is 286 g/mol. The zero-order chi connectivity index (χ0) is 15.2. The first-order chi connectivity index (χ1) is 10.1. The van der Waals surface area contributed by atoms with Crippen LogP contribution in [0.3, 0.4) is 0 Å². The quantitative estimate of drug-likeness (QED) is 0.840. The van der Waals surface area contributed by atoms with Crippen LogP contribution in [0.15, 0.2) is 47.3 Å². The lowest BCUT2D eigenvalue weighted by Crippen LogP contribution is -2.23. The average molecular weight is 286 g/mol. The van der Waals surface area contributed by atoms with Gasteiger partial charge in [0.15, 0.2) is 0 Å². The van der Waals surface area contributed by atoms with Crippen molar-refractivity contribution in [3.05, 3.63) is 64.0 Å². The Hall–Kier alpha value is -2.89. The van der Waals surface area contributed by atoms with E-state index in [0.29, 0.717) is 5.88 Å². The van der Waals surface area contributed by atoms with Crippen LogP contribution in [0.5, 0.6) is 5.88 Å². The van der Waals surface area contributed by atoms with Crippen LogP contribution in [0, 0.1) is 0 Å². The van der Waals surface area contributed by atoms with E-state index in [2.05, 4.69) is 5.10 Å². The van der Waals surface area contributed by atoms with Crippen molar-refractivity contribution in [1.29, 1.82) is 0 Å². The Balaban J connectivity index is 2.36. The third kappa shape index (κ3) is 3.79. The molecular weight excluding hydrogens is 272 g/mol. The number of benzene rings is 1. The van der Waals surface area contributed by atoms with Crippen LogP contribution in [-0.2, 0) is 11.3 Å². The van der Waals surface area contributed by atoms with Crippen molar-refractivity contribution in [3.8, 4) is 5.88 Å². The highest BCUT2D eigenvalue weighted by molar-refractivity contribution is 5.85. The molecule has 0 saturated heterocycles. The molecule has 0 atom stereocenters. The van der Waals surface area contributed by atoms with Gasteiger partial charge in [-0.1, -0.05) is 24.3 Å². The zero-order valence-electron chi connectivity index (χ0n) is 11.4. The average Bonchev–Trinajstić information content (AvgIpc) is 2.48. The van der Waals surface area contributed by atoms with Gasteiger partial charge in [0.25, 0.3) is 5.56 Å². The number of aliphatic carboxylic acids is 1. The molecule has 0 radical (unpaired) electrons. The van der Waals surface area contributed by atoms with Crippen molar-refractivity contribution in [3.63, 3.8) is 0 Å². The van der Waals surface area contributed by atoms with Crippen molar-refractivity contribution in [2.45, 2.75) is 6.54 Å². The maximum atomic E-state index is 11.8. The van der Waals surface area contributed by atoms with Crippen LogP contribution in [0.1, 0.15) is 11.1 Å². The predicted octanol–water partition coefficient (Wildman–Crippen LogP) is 1.40. The molecule has 1 aromatic carbocycles. The predicted molar refractivity (Wildman–Crippen MR) is 77.3 cm³/mol. The molecule has 1 aromatic heterocycles. The lowest BCUT2D eigenvalue weighted by atomic mass is 10.1.